The van der Waals surface area contributed by atoms with Gasteiger partial charge in [-0.3, -0.25) is 4.57 Å². The van der Waals surface area contributed by atoms with Gasteiger partial charge in [0.15, 0.2) is 5.16 Å². The number of benzene rings is 2. The first-order chi connectivity index (χ1) is 14.2. The van der Waals surface area contributed by atoms with Gasteiger partial charge in [0, 0.05) is 11.7 Å². The van der Waals surface area contributed by atoms with Gasteiger partial charge in [0.1, 0.15) is 5.82 Å². The molecule has 0 bridgehead atoms. The Bertz CT molecular complexity index is 1030. The monoisotopic (exact) mass is 442 g/mol. The molecule has 29 heavy (non-hydrogen) atoms. The molecule has 4 nitrogen and oxygen atoms in total. The minimum Gasteiger partial charge on any atom is -0.274 e. The van der Waals surface area contributed by atoms with Crippen LogP contribution < -0.4 is 0 Å². The maximum Gasteiger partial charge on any atom is 0.196 e. The molecule has 0 aliphatic heterocycles. The molecule has 0 unspecified atom stereocenters. The van der Waals surface area contributed by atoms with E-state index >= 15 is 0 Å². The Kier molecular flexibility index (Phi) is 6.44. The lowest BCUT2D eigenvalue weighted by Crippen LogP contribution is -2.12. The van der Waals surface area contributed by atoms with E-state index < -0.39 is 0 Å². The van der Waals surface area contributed by atoms with E-state index in [9.17, 15) is 0 Å². The van der Waals surface area contributed by atoms with Crippen molar-refractivity contribution in [3.8, 4) is 11.8 Å². The maximum atomic E-state index is 8.97. The van der Waals surface area contributed by atoms with E-state index in [2.05, 4.69) is 20.8 Å². The predicted octanol–water partition coefficient (Wildman–Crippen LogP) is 6.79. The molecule has 1 aliphatic carbocycles. The number of hydrogen-bond acceptors (Lipinski definition) is 4. The van der Waals surface area contributed by atoms with Gasteiger partial charge in [-0.1, -0.05) is 66.4 Å². The first-order valence-electron chi connectivity index (χ1n) is 9.68. The summed E-state index contributed by atoms with van der Waals surface area (Å²) >= 11 is 14.1. The second kappa shape index (κ2) is 9.21. The zero-order valence-electron chi connectivity index (χ0n) is 15.8. The Hall–Kier alpha value is -2.00. The van der Waals surface area contributed by atoms with Crippen LogP contribution in [0.25, 0.3) is 5.69 Å². The van der Waals surface area contributed by atoms with Crippen LogP contribution in [0.15, 0.2) is 47.6 Å². The van der Waals surface area contributed by atoms with Gasteiger partial charge in [0.05, 0.1) is 27.4 Å². The minimum atomic E-state index is 0.412. The third-order valence-electron chi connectivity index (χ3n) is 5.24. The first-order valence-corrected chi connectivity index (χ1v) is 11.4. The van der Waals surface area contributed by atoms with Gasteiger partial charge in [-0.15, -0.1) is 10.2 Å². The molecule has 0 radical (unpaired) electrons. The smallest absolute Gasteiger partial charge is 0.196 e. The average molecular weight is 443 g/mol. The van der Waals surface area contributed by atoms with Crippen molar-refractivity contribution in [2.75, 3.05) is 0 Å². The van der Waals surface area contributed by atoms with E-state index in [1.54, 1.807) is 11.8 Å². The van der Waals surface area contributed by atoms with Gasteiger partial charge in [0.25, 0.3) is 0 Å². The Morgan fingerprint density at radius 3 is 2.45 bits per heavy atom. The van der Waals surface area contributed by atoms with Crippen LogP contribution in [0.3, 0.4) is 0 Å². The highest BCUT2D eigenvalue weighted by Gasteiger charge is 2.24. The van der Waals surface area contributed by atoms with Gasteiger partial charge in [-0.25, -0.2) is 0 Å². The molecule has 0 atom stereocenters. The molecule has 2 aromatic carbocycles. The van der Waals surface area contributed by atoms with Gasteiger partial charge < -0.3 is 0 Å². The number of rotatable bonds is 5. The predicted molar refractivity (Wildman–Crippen MR) is 118 cm³/mol. The second-order valence-electron chi connectivity index (χ2n) is 7.21. The van der Waals surface area contributed by atoms with Gasteiger partial charge in [-0.05, 0) is 48.7 Å². The van der Waals surface area contributed by atoms with Crippen LogP contribution in [0.5, 0.6) is 0 Å². The molecule has 1 aliphatic rings. The fraction of sp³-hybridized carbons (Fsp3) is 0.318. The Labute approximate surface area is 184 Å². The second-order valence-corrected chi connectivity index (χ2v) is 8.96. The topological polar surface area (TPSA) is 54.5 Å². The van der Waals surface area contributed by atoms with Crippen LogP contribution in [0, 0.1) is 11.3 Å². The van der Waals surface area contributed by atoms with Gasteiger partial charge in [-0.2, -0.15) is 5.26 Å². The zero-order valence-corrected chi connectivity index (χ0v) is 18.1. The van der Waals surface area contributed by atoms with Crippen molar-refractivity contribution in [1.82, 2.24) is 14.8 Å². The summed E-state index contributed by atoms with van der Waals surface area (Å²) in [6.45, 7) is 0. The van der Waals surface area contributed by atoms with Crippen LogP contribution in [0.4, 0.5) is 0 Å². The van der Waals surface area contributed by atoms with Crippen LogP contribution in [-0.2, 0) is 5.75 Å². The normalized spacial score (nSPS) is 14.7. The third kappa shape index (κ3) is 4.61. The maximum absolute atomic E-state index is 8.97. The van der Waals surface area contributed by atoms with Gasteiger partial charge in [0.2, 0.25) is 0 Å². The summed E-state index contributed by atoms with van der Waals surface area (Å²) in [6.07, 6.45) is 6.02. The van der Waals surface area contributed by atoms with Crippen molar-refractivity contribution in [3.63, 3.8) is 0 Å². The standard InChI is InChI=1S/C22H20Cl2N4S/c23-19-11-10-18(12-20(19)24)28-21(17-4-2-1-3-5-17)26-27-22(28)29-14-16-8-6-15(13-25)7-9-16/h6-12,17H,1-5,14H2. The van der Waals surface area contributed by atoms with Crippen molar-refractivity contribution >= 4 is 35.0 Å². The van der Waals surface area contributed by atoms with Crippen molar-refractivity contribution in [2.24, 2.45) is 0 Å². The van der Waals surface area contributed by atoms with Crippen molar-refractivity contribution < 1.29 is 0 Å². The molecule has 4 rings (SSSR count). The number of halogens is 2. The van der Waals surface area contributed by atoms with E-state index in [0.717, 1.165) is 40.8 Å². The van der Waals surface area contributed by atoms with E-state index in [1.807, 2.05) is 42.5 Å². The summed E-state index contributed by atoms with van der Waals surface area (Å²) < 4.78 is 2.13. The molecule has 0 N–H and O–H groups in total. The SMILES string of the molecule is N#Cc1ccc(CSc2nnc(C3CCCCC3)n2-c2ccc(Cl)c(Cl)c2)cc1. The lowest BCUT2D eigenvalue weighted by Gasteiger charge is -2.22. The molecule has 3 aromatic rings. The van der Waals surface area contributed by atoms with E-state index in [-0.39, 0.29) is 0 Å². The zero-order chi connectivity index (χ0) is 20.2. The summed E-state index contributed by atoms with van der Waals surface area (Å²) in [5.41, 5.74) is 2.74. The van der Waals surface area contributed by atoms with Crippen molar-refractivity contribution in [2.45, 2.75) is 48.9 Å². The molecule has 1 saturated carbocycles. The van der Waals surface area contributed by atoms with Crippen LogP contribution in [-0.4, -0.2) is 14.8 Å². The molecular formula is C22H20Cl2N4S. The number of nitriles is 1. The Balaban J connectivity index is 1.66. The fourth-order valence-corrected chi connectivity index (χ4v) is 4.90. The fourth-order valence-electron chi connectivity index (χ4n) is 3.69. The van der Waals surface area contributed by atoms with Crippen LogP contribution in [0.2, 0.25) is 10.0 Å². The highest BCUT2D eigenvalue weighted by Crippen LogP contribution is 2.36. The molecule has 0 saturated heterocycles. The summed E-state index contributed by atoms with van der Waals surface area (Å²) in [5, 5.41) is 20.0. The molecule has 148 valence electrons. The van der Waals surface area contributed by atoms with Gasteiger partial charge >= 0.3 is 0 Å². The number of thioether (sulfide) groups is 1. The molecule has 1 heterocycles. The largest absolute Gasteiger partial charge is 0.274 e. The third-order valence-corrected chi connectivity index (χ3v) is 6.98. The molecular weight excluding hydrogens is 423 g/mol. The highest BCUT2D eigenvalue weighted by atomic mass is 35.5. The highest BCUT2D eigenvalue weighted by molar-refractivity contribution is 7.98. The van der Waals surface area contributed by atoms with E-state index in [4.69, 9.17) is 28.5 Å². The minimum absolute atomic E-state index is 0.412. The lowest BCUT2D eigenvalue weighted by molar-refractivity contribution is 0.423. The summed E-state index contributed by atoms with van der Waals surface area (Å²) in [5.74, 6) is 2.16. The van der Waals surface area contributed by atoms with Crippen LogP contribution in [0.1, 0.15) is 55.0 Å². The molecule has 0 amide bonds. The lowest BCUT2D eigenvalue weighted by atomic mass is 9.88. The summed E-state index contributed by atoms with van der Waals surface area (Å²) in [6, 6.07) is 15.5. The number of nitrogens with zero attached hydrogens (tertiary/aromatic N) is 4. The molecule has 0 spiro atoms. The average Bonchev–Trinajstić information content (AvgIpc) is 3.19. The van der Waals surface area contributed by atoms with E-state index in [1.165, 1.54) is 19.3 Å². The Morgan fingerprint density at radius 1 is 1.00 bits per heavy atom. The summed E-state index contributed by atoms with van der Waals surface area (Å²) in [4.78, 5) is 0. The summed E-state index contributed by atoms with van der Waals surface area (Å²) in [7, 11) is 0. The molecule has 1 aromatic heterocycles. The first kappa shape index (κ1) is 20.3. The van der Waals surface area contributed by atoms with Crippen molar-refractivity contribution in [1.29, 1.82) is 5.26 Å². The molecule has 7 heteroatoms. The van der Waals surface area contributed by atoms with Crippen molar-refractivity contribution in [3.05, 3.63) is 69.5 Å². The van der Waals surface area contributed by atoms with Crippen LogP contribution >= 0.6 is 35.0 Å². The molecule has 1 fully saturated rings. The Morgan fingerprint density at radius 2 is 1.76 bits per heavy atom. The number of aromatic nitrogens is 3. The van der Waals surface area contributed by atoms with E-state index in [0.29, 0.717) is 21.5 Å². The quantitative estimate of drug-likeness (QED) is 0.408. The number of hydrogen-bond donors (Lipinski definition) is 0.